The van der Waals surface area contributed by atoms with Crippen molar-refractivity contribution in [2.45, 2.75) is 43.7 Å². The molecule has 2 saturated heterocycles. The summed E-state index contributed by atoms with van der Waals surface area (Å²) in [5.74, 6) is 0.715. The zero-order chi connectivity index (χ0) is 14.9. The second kappa shape index (κ2) is 6.23. The second-order valence-corrected chi connectivity index (χ2v) is 7.09. The van der Waals surface area contributed by atoms with Gasteiger partial charge in [-0.1, -0.05) is 0 Å². The molecule has 2 unspecified atom stereocenters. The molecule has 1 saturated carbocycles. The summed E-state index contributed by atoms with van der Waals surface area (Å²) in [7, 11) is 3.81. The van der Waals surface area contributed by atoms with E-state index in [0.717, 1.165) is 51.5 Å². The van der Waals surface area contributed by atoms with Crippen LogP contribution in [0, 0.1) is 5.92 Å². The van der Waals surface area contributed by atoms with Gasteiger partial charge in [0, 0.05) is 32.8 Å². The third-order valence-electron chi connectivity index (χ3n) is 5.16. The number of carbonyl (C=O) groups excluding carboxylic acids is 1. The van der Waals surface area contributed by atoms with Crippen LogP contribution in [-0.4, -0.2) is 74.4 Å². The predicted octanol–water partition coefficient (Wildman–Crippen LogP) is 1.12. The van der Waals surface area contributed by atoms with Gasteiger partial charge in [-0.2, -0.15) is 0 Å². The molecule has 0 aromatic rings. The van der Waals surface area contributed by atoms with Gasteiger partial charge < -0.3 is 19.3 Å². The Morgan fingerprint density at radius 2 is 2.29 bits per heavy atom. The molecule has 2 atom stereocenters. The molecule has 1 aliphatic carbocycles. The molecule has 0 bridgehead atoms. The Kier molecular flexibility index (Phi) is 4.52. The van der Waals surface area contributed by atoms with Gasteiger partial charge in [0.2, 0.25) is 5.91 Å². The minimum absolute atomic E-state index is 0.0866. The van der Waals surface area contributed by atoms with Crippen molar-refractivity contribution in [1.82, 2.24) is 9.80 Å². The molecule has 3 rings (SSSR count). The number of hydrogen-bond acceptors (Lipinski definition) is 4. The van der Waals surface area contributed by atoms with E-state index in [2.05, 4.69) is 11.9 Å². The van der Waals surface area contributed by atoms with E-state index >= 15 is 0 Å². The van der Waals surface area contributed by atoms with E-state index in [-0.39, 0.29) is 18.1 Å². The van der Waals surface area contributed by atoms with Crippen molar-refractivity contribution >= 4 is 5.91 Å². The molecule has 3 fully saturated rings. The molecule has 3 aliphatic rings. The van der Waals surface area contributed by atoms with Crippen molar-refractivity contribution in [3.63, 3.8) is 0 Å². The van der Waals surface area contributed by atoms with Crippen molar-refractivity contribution in [3.8, 4) is 0 Å². The molecule has 5 heteroatoms. The van der Waals surface area contributed by atoms with E-state index in [0.29, 0.717) is 5.92 Å². The van der Waals surface area contributed by atoms with E-state index < -0.39 is 0 Å². The van der Waals surface area contributed by atoms with Gasteiger partial charge in [0.1, 0.15) is 6.61 Å². The Bertz CT molecular complexity index is 386. The molecule has 120 valence electrons. The Morgan fingerprint density at radius 1 is 1.48 bits per heavy atom. The van der Waals surface area contributed by atoms with Crippen molar-refractivity contribution in [1.29, 1.82) is 0 Å². The fourth-order valence-electron chi connectivity index (χ4n) is 3.94. The molecule has 5 nitrogen and oxygen atoms in total. The first kappa shape index (κ1) is 15.3. The van der Waals surface area contributed by atoms with Crippen LogP contribution in [0.5, 0.6) is 0 Å². The van der Waals surface area contributed by atoms with Gasteiger partial charge in [0.25, 0.3) is 0 Å². The number of amides is 1. The highest BCUT2D eigenvalue weighted by molar-refractivity contribution is 5.77. The number of hydrogen-bond donors (Lipinski definition) is 0. The molecule has 1 amide bonds. The SMILES string of the molecule is COCC(=O)N1CCCC2(CC(CN(C)C3CC3)CO2)C1. The zero-order valence-corrected chi connectivity index (χ0v) is 13.3. The summed E-state index contributed by atoms with van der Waals surface area (Å²) in [6.07, 6.45) is 5.94. The Labute approximate surface area is 127 Å². The lowest BCUT2D eigenvalue weighted by molar-refractivity contribution is -0.143. The van der Waals surface area contributed by atoms with Gasteiger partial charge in [-0.05, 0) is 45.1 Å². The van der Waals surface area contributed by atoms with Gasteiger partial charge in [0.05, 0.1) is 12.2 Å². The summed E-state index contributed by atoms with van der Waals surface area (Å²) in [5, 5.41) is 0. The van der Waals surface area contributed by atoms with Crippen LogP contribution < -0.4 is 0 Å². The van der Waals surface area contributed by atoms with Crippen LogP contribution in [0.25, 0.3) is 0 Å². The van der Waals surface area contributed by atoms with Gasteiger partial charge in [0.15, 0.2) is 0 Å². The Hall–Kier alpha value is -0.650. The number of carbonyl (C=O) groups is 1. The summed E-state index contributed by atoms with van der Waals surface area (Å²) < 4.78 is 11.2. The fraction of sp³-hybridized carbons (Fsp3) is 0.938. The van der Waals surface area contributed by atoms with Crippen LogP contribution in [0.2, 0.25) is 0 Å². The van der Waals surface area contributed by atoms with Crippen molar-refractivity contribution < 1.29 is 14.3 Å². The average Bonchev–Trinajstić information content (AvgIpc) is 3.25. The maximum atomic E-state index is 12.0. The van der Waals surface area contributed by atoms with Crippen LogP contribution in [0.15, 0.2) is 0 Å². The van der Waals surface area contributed by atoms with E-state index in [9.17, 15) is 4.79 Å². The second-order valence-electron chi connectivity index (χ2n) is 7.09. The normalized spacial score (nSPS) is 33.1. The summed E-state index contributed by atoms with van der Waals surface area (Å²) in [6.45, 7) is 3.77. The minimum atomic E-state index is -0.0866. The van der Waals surface area contributed by atoms with E-state index in [1.165, 1.54) is 12.8 Å². The maximum Gasteiger partial charge on any atom is 0.248 e. The zero-order valence-electron chi connectivity index (χ0n) is 13.3. The number of nitrogens with zero attached hydrogens (tertiary/aromatic N) is 2. The Morgan fingerprint density at radius 3 is 3.00 bits per heavy atom. The number of likely N-dealkylation sites (tertiary alicyclic amines) is 1. The topological polar surface area (TPSA) is 42.0 Å². The smallest absolute Gasteiger partial charge is 0.248 e. The summed E-state index contributed by atoms with van der Waals surface area (Å²) in [4.78, 5) is 16.5. The molecule has 0 aromatic carbocycles. The first-order valence-corrected chi connectivity index (χ1v) is 8.23. The third kappa shape index (κ3) is 3.58. The number of rotatable bonds is 5. The van der Waals surface area contributed by atoms with Crippen LogP contribution in [-0.2, 0) is 14.3 Å². The molecule has 1 spiro atoms. The molecule has 2 heterocycles. The molecule has 0 aromatic heterocycles. The standard InChI is InChI=1S/C16H28N2O3/c1-17(14-4-5-14)9-13-8-16(21-10-13)6-3-7-18(12-16)15(19)11-20-2/h13-14H,3-12H2,1-2H3. The predicted molar refractivity (Wildman–Crippen MR) is 80.1 cm³/mol. The molecular weight excluding hydrogens is 268 g/mol. The quantitative estimate of drug-likeness (QED) is 0.762. The fourth-order valence-corrected chi connectivity index (χ4v) is 3.94. The number of piperidine rings is 1. The van der Waals surface area contributed by atoms with Gasteiger partial charge in [-0.3, -0.25) is 4.79 Å². The Balaban J connectivity index is 1.53. The first-order chi connectivity index (χ1) is 10.1. The van der Waals surface area contributed by atoms with Crippen molar-refractivity contribution in [2.24, 2.45) is 5.92 Å². The summed E-state index contributed by atoms with van der Waals surface area (Å²) in [6, 6.07) is 0.813. The van der Waals surface area contributed by atoms with E-state index in [1.54, 1.807) is 7.11 Å². The van der Waals surface area contributed by atoms with Crippen LogP contribution in [0.3, 0.4) is 0 Å². The maximum absolute atomic E-state index is 12.0. The van der Waals surface area contributed by atoms with E-state index in [4.69, 9.17) is 9.47 Å². The molecular formula is C16H28N2O3. The summed E-state index contributed by atoms with van der Waals surface area (Å²) in [5.41, 5.74) is -0.0866. The molecule has 21 heavy (non-hydrogen) atoms. The number of ether oxygens (including phenoxy) is 2. The lowest BCUT2D eigenvalue weighted by atomic mass is 9.86. The largest absolute Gasteiger partial charge is 0.375 e. The molecule has 0 N–H and O–H groups in total. The highest BCUT2D eigenvalue weighted by Crippen LogP contribution is 2.38. The highest BCUT2D eigenvalue weighted by atomic mass is 16.5. The molecule has 2 aliphatic heterocycles. The summed E-state index contributed by atoms with van der Waals surface area (Å²) >= 11 is 0. The van der Waals surface area contributed by atoms with Crippen molar-refractivity contribution in [2.75, 3.05) is 47.0 Å². The van der Waals surface area contributed by atoms with Gasteiger partial charge in [-0.15, -0.1) is 0 Å². The van der Waals surface area contributed by atoms with Gasteiger partial charge in [-0.25, -0.2) is 0 Å². The minimum Gasteiger partial charge on any atom is -0.375 e. The number of methoxy groups -OCH3 is 1. The first-order valence-electron chi connectivity index (χ1n) is 8.23. The highest BCUT2D eigenvalue weighted by Gasteiger charge is 2.45. The monoisotopic (exact) mass is 296 g/mol. The lowest BCUT2D eigenvalue weighted by Gasteiger charge is -2.39. The molecule has 0 radical (unpaired) electrons. The van der Waals surface area contributed by atoms with Crippen LogP contribution in [0.4, 0.5) is 0 Å². The van der Waals surface area contributed by atoms with Crippen LogP contribution >= 0.6 is 0 Å². The van der Waals surface area contributed by atoms with Gasteiger partial charge >= 0.3 is 0 Å². The van der Waals surface area contributed by atoms with Crippen LogP contribution in [0.1, 0.15) is 32.1 Å². The van der Waals surface area contributed by atoms with E-state index in [1.807, 2.05) is 4.90 Å². The average molecular weight is 296 g/mol. The third-order valence-corrected chi connectivity index (χ3v) is 5.16. The van der Waals surface area contributed by atoms with Crippen molar-refractivity contribution in [3.05, 3.63) is 0 Å². The lowest BCUT2D eigenvalue weighted by Crippen LogP contribution is -2.51.